The number of pyridine rings is 1. The third-order valence-corrected chi connectivity index (χ3v) is 5.60. The number of phenols is 1. The summed E-state index contributed by atoms with van der Waals surface area (Å²) in [6, 6.07) is 9.67. The second kappa shape index (κ2) is 6.69. The Morgan fingerprint density at radius 1 is 1.25 bits per heavy atom. The van der Waals surface area contributed by atoms with Crippen LogP contribution < -0.4 is 0 Å². The van der Waals surface area contributed by atoms with E-state index in [0.29, 0.717) is 23.8 Å². The predicted octanol–water partition coefficient (Wildman–Crippen LogP) is 4.08. The fourth-order valence-corrected chi connectivity index (χ4v) is 4.37. The molecule has 124 valence electrons. The van der Waals surface area contributed by atoms with Crippen LogP contribution in [0.25, 0.3) is 10.9 Å². The van der Waals surface area contributed by atoms with Gasteiger partial charge in [0.1, 0.15) is 11.3 Å². The smallest absolute Gasteiger partial charge is 0.147 e. The molecule has 24 heavy (non-hydrogen) atoms. The van der Waals surface area contributed by atoms with E-state index in [1.807, 2.05) is 24.3 Å². The number of phenolic OH excluding ortho intramolecular Hbond substituents is 1. The number of aromatic hydroxyl groups is 1. The van der Waals surface area contributed by atoms with Gasteiger partial charge in [-0.1, -0.05) is 17.7 Å². The molecule has 0 spiro atoms. The molecule has 1 saturated heterocycles. The molecule has 0 unspecified atom stereocenters. The molecule has 1 aromatic carbocycles. The van der Waals surface area contributed by atoms with Crippen LogP contribution in [0, 0.1) is 0 Å². The molecule has 3 heterocycles. The van der Waals surface area contributed by atoms with Crippen LogP contribution in [-0.4, -0.2) is 41.3 Å². The van der Waals surface area contributed by atoms with Gasteiger partial charge in [-0.25, -0.2) is 0 Å². The van der Waals surface area contributed by atoms with E-state index < -0.39 is 0 Å². The normalized spacial score (nSPS) is 17.2. The molecule has 6 heteroatoms. The van der Waals surface area contributed by atoms with Crippen molar-refractivity contribution in [1.82, 2.24) is 9.88 Å². The first-order chi connectivity index (χ1) is 11.8. The lowest BCUT2D eigenvalue weighted by atomic mass is 9.99. The van der Waals surface area contributed by atoms with Crippen LogP contribution in [0.1, 0.15) is 16.5 Å². The molecule has 0 bridgehead atoms. The van der Waals surface area contributed by atoms with Crippen molar-refractivity contribution < 1.29 is 9.84 Å². The largest absolute Gasteiger partial charge is 0.505 e. The summed E-state index contributed by atoms with van der Waals surface area (Å²) < 4.78 is 5.49. The minimum atomic E-state index is -0.0437. The van der Waals surface area contributed by atoms with Gasteiger partial charge in [0.15, 0.2) is 0 Å². The van der Waals surface area contributed by atoms with Gasteiger partial charge in [-0.3, -0.25) is 9.88 Å². The lowest BCUT2D eigenvalue weighted by Crippen LogP contribution is -2.39. The lowest BCUT2D eigenvalue weighted by Gasteiger charge is -2.34. The molecule has 0 aliphatic carbocycles. The Labute approximate surface area is 149 Å². The van der Waals surface area contributed by atoms with Crippen molar-refractivity contribution in [3.8, 4) is 5.75 Å². The van der Waals surface area contributed by atoms with Gasteiger partial charge in [0.25, 0.3) is 0 Å². The summed E-state index contributed by atoms with van der Waals surface area (Å²) in [7, 11) is 0. The van der Waals surface area contributed by atoms with Gasteiger partial charge < -0.3 is 9.84 Å². The first-order valence-electron chi connectivity index (χ1n) is 7.87. The zero-order valence-electron chi connectivity index (χ0n) is 13.0. The van der Waals surface area contributed by atoms with E-state index in [9.17, 15) is 5.11 Å². The summed E-state index contributed by atoms with van der Waals surface area (Å²) in [4.78, 5) is 7.84. The number of halogens is 1. The van der Waals surface area contributed by atoms with Crippen molar-refractivity contribution in [1.29, 1.82) is 0 Å². The molecule has 3 aromatic rings. The van der Waals surface area contributed by atoms with Crippen LogP contribution >= 0.6 is 22.9 Å². The van der Waals surface area contributed by atoms with Gasteiger partial charge in [-0.15, -0.1) is 11.3 Å². The highest BCUT2D eigenvalue weighted by atomic mass is 35.5. The maximum atomic E-state index is 10.9. The summed E-state index contributed by atoms with van der Waals surface area (Å²) in [5.41, 5.74) is 1.35. The van der Waals surface area contributed by atoms with Gasteiger partial charge >= 0.3 is 0 Å². The van der Waals surface area contributed by atoms with Gasteiger partial charge in [0, 0.05) is 35.1 Å². The van der Waals surface area contributed by atoms with Crippen LogP contribution in [0.15, 0.2) is 41.9 Å². The first-order valence-corrected chi connectivity index (χ1v) is 9.13. The molecule has 0 saturated carbocycles. The van der Waals surface area contributed by atoms with E-state index in [0.717, 1.165) is 24.0 Å². The quantitative estimate of drug-likeness (QED) is 0.764. The average molecular weight is 361 g/mol. The highest BCUT2D eigenvalue weighted by molar-refractivity contribution is 7.10. The van der Waals surface area contributed by atoms with Crippen LogP contribution in [-0.2, 0) is 4.74 Å². The third kappa shape index (κ3) is 2.78. The molecular formula is C18H17ClN2O2S. The standard InChI is InChI=1S/C18H17ClN2O2S/c19-14-11-13(18(22)16-12(14)3-1-5-20-16)17(15-4-2-10-24-15)21-6-8-23-9-7-21/h1-5,10-11,17,22H,6-9H2/t17-/m0/s1. The second-order valence-electron chi connectivity index (χ2n) is 5.76. The molecule has 1 fully saturated rings. The Bertz CT molecular complexity index is 848. The Hall–Kier alpha value is -1.66. The second-order valence-corrected chi connectivity index (χ2v) is 7.15. The van der Waals surface area contributed by atoms with Gasteiger partial charge in [-0.05, 0) is 29.6 Å². The fraction of sp³-hybridized carbons (Fsp3) is 0.278. The van der Waals surface area contributed by atoms with Gasteiger partial charge in [-0.2, -0.15) is 0 Å². The number of morpholine rings is 1. The summed E-state index contributed by atoms with van der Waals surface area (Å²) >= 11 is 8.17. The topological polar surface area (TPSA) is 45.6 Å². The number of aromatic nitrogens is 1. The SMILES string of the molecule is Oc1c([C@@H](c2cccs2)N2CCOCC2)cc(Cl)c2cccnc12. The zero-order valence-corrected chi connectivity index (χ0v) is 14.6. The first kappa shape index (κ1) is 15.8. The monoisotopic (exact) mass is 360 g/mol. The number of benzene rings is 1. The highest BCUT2D eigenvalue weighted by Crippen LogP contribution is 2.42. The molecule has 2 aromatic heterocycles. The molecule has 1 N–H and O–H groups in total. The van der Waals surface area contributed by atoms with E-state index in [1.165, 1.54) is 4.88 Å². The molecule has 4 nitrogen and oxygen atoms in total. The molecule has 1 aliphatic rings. The van der Waals surface area contributed by atoms with E-state index in [4.69, 9.17) is 16.3 Å². The van der Waals surface area contributed by atoms with Crippen LogP contribution in [0.4, 0.5) is 0 Å². The minimum absolute atomic E-state index is 0.0437. The zero-order chi connectivity index (χ0) is 16.5. The van der Waals surface area contributed by atoms with Gasteiger partial charge in [0.2, 0.25) is 0 Å². The molecular weight excluding hydrogens is 344 g/mol. The van der Waals surface area contributed by atoms with Crippen molar-refractivity contribution >= 4 is 33.8 Å². The number of fused-ring (bicyclic) bond motifs is 1. The number of hydrogen-bond donors (Lipinski definition) is 1. The van der Waals surface area contributed by atoms with E-state index in [1.54, 1.807) is 17.5 Å². The van der Waals surface area contributed by atoms with Crippen molar-refractivity contribution in [3.63, 3.8) is 0 Å². The summed E-state index contributed by atoms with van der Waals surface area (Å²) in [6.07, 6.45) is 1.68. The number of nitrogens with zero attached hydrogens (tertiary/aromatic N) is 2. The van der Waals surface area contributed by atoms with Gasteiger partial charge in [0.05, 0.1) is 24.3 Å². The molecule has 1 aliphatic heterocycles. The molecule has 4 rings (SSSR count). The van der Waals surface area contributed by atoms with Crippen LogP contribution in [0.2, 0.25) is 5.02 Å². The number of hydrogen-bond acceptors (Lipinski definition) is 5. The Morgan fingerprint density at radius 3 is 2.83 bits per heavy atom. The van der Waals surface area contributed by atoms with Crippen LogP contribution in [0.3, 0.4) is 0 Å². The van der Waals surface area contributed by atoms with Crippen molar-refractivity contribution in [2.24, 2.45) is 0 Å². The molecule has 0 amide bonds. The minimum Gasteiger partial charge on any atom is -0.505 e. The maximum absolute atomic E-state index is 10.9. The predicted molar refractivity (Wildman–Crippen MR) is 97.0 cm³/mol. The number of rotatable bonds is 3. The van der Waals surface area contributed by atoms with Crippen molar-refractivity contribution in [2.75, 3.05) is 26.3 Å². The average Bonchev–Trinajstić information content (AvgIpc) is 3.15. The van der Waals surface area contributed by atoms with E-state index in [-0.39, 0.29) is 11.8 Å². The Kier molecular flexibility index (Phi) is 4.41. The lowest BCUT2D eigenvalue weighted by molar-refractivity contribution is 0.0242. The summed E-state index contributed by atoms with van der Waals surface area (Å²) in [6.45, 7) is 3.03. The third-order valence-electron chi connectivity index (χ3n) is 4.36. The van der Waals surface area contributed by atoms with Crippen molar-refractivity contribution in [3.05, 3.63) is 57.4 Å². The maximum Gasteiger partial charge on any atom is 0.147 e. The van der Waals surface area contributed by atoms with Crippen LogP contribution in [0.5, 0.6) is 5.75 Å². The number of ether oxygens (including phenoxy) is 1. The number of thiophene rings is 1. The Morgan fingerprint density at radius 2 is 2.08 bits per heavy atom. The van der Waals surface area contributed by atoms with E-state index >= 15 is 0 Å². The fourth-order valence-electron chi connectivity index (χ4n) is 3.23. The van der Waals surface area contributed by atoms with E-state index in [2.05, 4.69) is 21.3 Å². The molecule has 1 atom stereocenters. The summed E-state index contributed by atoms with van der Waals surface area (Å²) in [5, 5.41) is 14.3. The highest BCUT2D eigenvalue weighted by Gasteiger charge is 2.29. The summed E-state index contributed by atoms with van der Waals surface area (Å²) in [5.74, 6) is 0.208. The molecule has 0 radical (unpaired) electrons. The van der Waals surface area contributed by atoms with Crippen molar-refractivity contribution in [2.45, 2.75) is 6.04 Å². The Balaban J connectivity index is 1.89.